The summed E-state index contributed by atoms with van der Waals surface area (Å²) in [6.07, 6.45) is 1.18. The van der Waals surface area contributed by atoms with Crippen LogP contribution in [0, 0.1) is 0 Å². The second-order valence-corrected chi connectivity index (χ2v) is 4.56. The number of aromatic nitrogens is 2. The third kappa shape index (κ3) is 2.27. The van der Waals surface area contributed by atoms with E-state index in [4.69, 9.17) is 0 Å². The molecule has 0 amide bonds. The van der Waals surface area contributed by atoms with Crippen LogP contribution < -0.4 is 0 Å². The van der Waals surface area contributed by atoms with E-state index in [1.54, 1.807) is 28.6 Å². The van der Waals surface area contributed by atoms with Crippen molar-refractivity contribution < 1.29 is 0 Å². The minimum Gasteiger partial charge on any atom is -0.146 e. The second-order valence-electron chi connectivity index (χ2n) is 2.04. The highest BCUT2D eigenvalue weighted by atomic mass is 32.2. The number of thioether (sulfide) groups is 1. The van der Waals surface area contributed by atoms with Crippen LogP contribution in [-0.4, -0.2) is 15.4 Å². The normalized spacial score (nSPS) is 13.4. The highest BCUT2D eigenvalue weighted by molar-refractivity contribution is 8.01. The van der Waals surface area contributed by atoms with Crippen LogP contribution in [-0.2, 0) is 0 Å². The molecule has 56 valence electrons. The summed E-state index contributed by atoms with van der Waals surface area (Å²) in [5.41, 5.74) is 1.77. The molecule has 0 spiro atoms. The Labute approximate surface area is 69.1 Å². The van der Waals surface area contributed by atoms with E-state index >= 15 is 0 Å². The molecule has 2 nitrogen and oxygen atoms in total. The maximum Gasteiger partial charge on any atom is 0.174 e. The predicted octanol–water partition coefficient (Wildman–Crippen LogP) is 2.43. The molecule has 1 heterocycles. The van der Waals surface area contributed by atoms with Crippen LogP contribution in [0.15, 0.2) is 9.85 Å². The average Bonchev–Trinajstić information content (AvgIpc) is 2.40. The molecule has 0 radical (unpaired) electrons. The highest BCUT2D eigenvalue weighted by Gasteiger charge is 2.02. The van der Waals surface area contributed by atoms with Gasteiger partial charge < -0.3 is 0 Å². The van der Waals surface area contributed by atoms with Gasteiger partial charge in [-0.1, -0.05) is 36.9 Å². The van der Waals surface area contributed by atoms with Gasteiger partial charge in [-0.05, 0) is 6.42 Å². The molecule has 0 aromatic carbocycles. The van der Waals surface area contributed by atoms with E-state index in [0.29, 0.717) is 5.25 Å². The molecule has 0 fully saturated rings. The van der Waals surface area contributed by atoms with E-state index in [9.17, 15) is 0 Å². The summed E-state index contributed by atoms with van der Waals surface area (Å²) in [5.74, 6) is 0. The summed E-state index contributed by atoms with van der Waals surface area (Å²) in [6, 6.07) is 0. The van der Waals surface area contributed by atoms with Crippen LogP contribution >= 0.6 is 23.1 Å². The van der Waals surface area contributed by atoms with Crippen molar-refractivity contribution >= 4 is 23.1 Å². The minimum absolute atomic E-state index is 0.660. The maximum atomic E-state index is 3.94. The van der Waals surface area contributed by atoms with Gasteiger partial charge in [-0.3, -0.25) is 0 Å². The molecule has 0 N–H and O–H groups in total. The fourth-order valence-corrected chi connectivity index (χ4v) is 2.20. The molecule has 0 saturated heterocycles. The van der Waals surface area contributed by atoms with Crippen LogP contribution in [0.25, 0.3) is 0 Å². The lowest BCUT2D eigenvalue weighted by Crippen LogP contribution is -1.90. The zero-order valence-corrected chi connectivity index (χ0v) is 7.71. The van der Waals surface area contributed by atoms with Crippen molar-refractivity contribution in [3.8, 4) is 0 Å². The molecule has 0 aliphatic heterocycles. The van der Waals surface area contributed by atoms with E-state index in [-0.39, 0.29) is 0 Å². The largest absolute Gasteiger partial charge is 0.174 e. The van der Waals surface area contributed by atoms with E-state index in [2.05, 4.69) is 24.0 Å². The summed E-state index contributed by atoms with van der Waals surface area (Å²) >= 11 is 3.40. The second kappa shape index (κ2) is 3.93. The van der Waals surface area contributed by atoms with E-state index in [0.717, 1.165) is 4.34 Å². The van der Waals surface area contributed by atoms with Crippen molar-refractivity contribution in [1.29, 1.82) is 0 Å². The Balaban J connectivity index is 2.40. The summed E-state index contributed by atoms with van der Waals surface area (Å²) in [4.78, 5) is 0. The Kier molecular flexibility index (Phi) is 3.15. The van der Waals surface area contributed by atoms with Gasteiger partial charge in [-0.2, -0.15) is 0 Å². The van der Waals surface area contributed by atoms with E-state index < -0.39 is 0 Å². The zero-order chi connectivity index (χ0) is 7.40. The monoisotopic (exact) mass is 174 g/mol. The molecule has 0 aliphatic rings. The molecule has 1 rings (SSSR count). The Bertz CT molecular complexity index is 174. The first-order chi connectivity index (χ1) is 4.83. The van der Waals surface area contributed by atoms with Crippen LogP contribution in [0.2, 0.25) is 0 Å². The SMILES string of the molecule is CCC(C)Sc1nncs1. The fourth-order valence-electron chi connectivity index (χ4n) is 0.470. The first-order valence-corrected chi connectivity index (χ1v) is 5.01. The summed E-state index contributed by atoms with van der Waals surface area (Å²) in [6.45, 7) is 4.38. The maximum absolute atomic E-state index is 3.94. The van der Waals surface area contributed by atoms with Crippen molar-refractivity contribution in [3.05, 3.63) is 5.51 Å². The van der Waals surface area contributed by atoms with Gasteiger partial charge in [0, 0.05) is 5.25 Å². The Morgan fingerprint density at radius 3 is 3.10 bits per heavy atom. The van der Waals surface area contributed by atoms with Crippen LogP contribution in [0.3, 0.4) is 0 Å². The fraction of sp³-hybridized carbons (Fsp3) is 0.667. The zero-order valence-electron chi connectivity index (χ0n) is 6.07. The van der Waals surface area contributed by atoms with Crippen LogP contribution in [0.1, 0.15) is 20.3 Å². The lowest BCUT2D eigenvalue weighted by Gasteiger charge is -2.01. The number of hydrogen-bond donors (Lipinski definition) is 0. The van der Waals surface area contributed by atoms with Crippen molar-refractivity contribution in [1.82, 2.24) is 10.2 Å². The molecular formula is C6H10N2S2. The van der Waals surface area contributed by atoms with Crippen molar-refractivity contribution in [3.63, 3.8) is 0 Å². The van der Waals surface area contributed by atoms with Gasteiger partial charge in [0.05, 0.1) is 0 Å². The molecule has 1 aromatic rings. The van der Waals surface area contributed by atoms with Crippen molar-refractivity contribution in [2.75, 3.05) is 0 Å². The molecule has 1 atom stereocenters. The molecular weight excluding hydrogens is 164 g/mol. The lowest BCUT2D eigenvalue weighted by molar-refractivity contribution is 0.899. The topological polar surface area (TPSA) is 25.8 Å². The van der Waals surface area contributed by atoms with Gasteiger partial charge in [-0.15, -0.1) is 10.2 Å². The molecule has 1 unspecified atom stereocenters. The van der Waals surface area contributed by atoms with Crippen LogP contribution in [0.5, 0.6) is 0 Å². The van der Waals surface area contributed by atoms with Crippen molar-refractivity contribution in [2.45, 2.75) is 29.9 Å². The Morgan fingerprint density at radius 2 is 2.60 bits per heavy atom. The minimum atomic E-state index is 0.660. The quantitative estimate of drug-likeness (QED) is 0.658. The summed E-state index contributed by atoms with van der Waals surface area (Å²) in [5, 5.41) is 8.35. The molecule has 0 saturated carbocycles. The third-order valence-corrected chi connectivity index (χ3v) is 3.30. The van der Waals surface area contributed by atoms with Gasteiger partial charge in [0.2, 0.25) is 0 Å². The molecule has 1 aromatic heterocycles. The number of hydrogen-bond acceptors (Lipinski definition) is 4. The molecule has 10 heavy (non-hydrogen) atoms. The van der Waals surface area contributed by atoms with Gasteiger partial charge in [0.25, 0.3) is 0 Å². The lowest BCUT2D eigenvalue weighted by atomic mass is 10.4. The smallest absolute Gasteiger partial charge is 0.146 e. The Morgan fingerprint density at radius 1 is 1.80 bits per heavy atom. The Hall–Kier alpha value is -0.0900. The molecule has 0 bridgehead atoms. The van der Waals surface area contributed by atoms with E-state index in [1.165, 1.54) is 6.42 Å². The van der Waals surface area contributed by atoms with Gasteiger partial charge in [-0.25, -0.2) is 0 Å². The number of rotatable bonds is 3. The summed E-state index contributed by atoms with van der Waals surface area (Å²) < 4.78 is 1.08. The number of nitrogens with zero attached hydrogens (tertiary/aromatic N) is 2. The first kappa shape index (κ1) is 8.01. The van der Waals surface area contributed by atoms with Crippen molar-refractivity contribution in [2.24, 2.45) is 0 Å². The highest BCUT2D eigenvalue weighted by Crippen LogP contribution is 2.25. The molecule has 0 aliphatic carbocycles. The standard InChI is InChI=1S/C6H10N2S2/c1-3-5(2)10-6-8-7-4-9-6/h4-5H,3H2,1-2H3. The third-order valence-electron chi connectivity index (χ3n) is 1.22. The van der Waals surface area contributed by atoms with Gasteiger partial charge >= 0.3 is 0 Å². The van der Waals surface area contributed by atoms with Gasteiger partial charge in [0.1, 0.15) is 5.51 Å². The predicted molar refractivity (Wildman–Crippen MR) is 45.5 cm³/mol. The molecule has 4 heteroatoms. The summed E-state index contributed by atoms with van der Waals surface area (Å²) in [7, 11) is 0. The first-order valence-electron chi connectivity index (χ1n) is 3.25. The average molecular weight is 174 g/mol. The van der Waals surface area contributed by atoms with Crippen LogP contribution in [0.4, 0.5) is 0 Å². The van der Waals surface area contributed by atoms with Gasteiger partial charge in [0.15, 0.2) is 4.34 Å². The van der Waals surface area contributed by atoms with E-state index in [1.807, 2.05) is 0 Å².